The van der Waals surface area contributed by atoms with Crippen molar-refractivity contribution in [2.24, 2.45) is 0 Å². The van der Waals surface area contributed by atoms with Gasteiger partial charge in [0.05, 0.1) is 22.1 Å². The molecule has 0 atom stereocenters. The molecule has 0 radical (unpaired) electrons. The van der Waals surface area contributed by atoms with Crippen LogP contribution >= 0.6 is 0 Å². The minimum absolute atomic E-state index is 0.235. The topological polar surface area (TPSA) is 60.7 Å². The molecule has 33 heavy (non-hydrogen) atoms. The summed E-state index contributed by atoms with van der Waals surface area (Å²) in [4.78, 5) is 28.5. The second-order valence-electron chi connectivity index (χ2n) is 7.71. The van der Waals surface area contributed by atoms with Gasteiger partial charge >= 0.3 is 0 Å². The monoisotopic (exact) mass is 426 g/mol. The second kappa shape index (κ2) is 7.80. The molecule has 5 nitrogen and oxygen atoms in total. The SMILES string of the molecule is O=c1c(-c2ccccc2)nc2ccccc2n1-c1nc2ccccc2nc1-c1ccccc1. The van der Waals surface area contributed by atoms with Crippen LogP contribution in [0, 0.1) is 0 Å². The minimum atomic E-state index is -0.235. The molecule has 0 saturated carbocycles. The van der Waals surface area contributed by atoms with Crippen molar-refractivity contribution in [3.63, 3.8) is 0 Å². The molecule has 4 aromatic carbocycles. The van der Waals surface area contributed by atoms with Crippen LogP contribution < -0.4 is 5.56 Å². The lowest BCUT2D eigenvalue weighted by molar-refractivity contribution is 0.972. The zero-order chi connectivity index (χ0) is 22.2. The Kier molecular flexibility index (Phi) is 4.51. The Bertz CT molecular complexity index is 1680. The van der Waals surface area contributed by atoms with Crippen molar-refractivity contribution in [3.8, 4) is 28.3 Å². The van der Waals surface area contributed by atoms with Crippen molar-refractivity contribution in [1.29, 1.82) is 0 Å². The maximum Gasteiger partial charge on any atom is 0.283 e. The van der Waals surface area contributed by atoms with Crippen LogP contribution in [0.5, 0.6) is 0 Å². The Balaban J connectivity index is 1.77. The fourth-order valence-electron chi connectivity index (χ4n) is 4.06. The molecule has 2 aromatic heterocycles. The summed E-state index contributed by atoms with van der Waals surface area (Å²) in [7, 11) is 0. The lowest BCUT2D eigenvalue weighted by atomic mass is 10.1. The van der Waals surface area contributed by atoms with Crippen molar-refractivity contribution in [2.75, 3.05) is 0 Å². The molecular formula is C28H18N4O. The molecule has 156 valence electrons. The standard InChI is InChI=1S/C28H18N4O/c33-28-26(20-13-5-2-6-14-20)30-23-17-9-10-18-24(23)32(28)27-25(19-11-3-1-4-12-19)29-21-15-7-8-16-22(21)31-27/h1-18H. The molecule has 6 rings (SSSR count). The summed E-state index contributed by atoms with van der Waals surface area (Å²) in [5.74, 6) is 0.487. The normalized spacial score (nSPS) is 11.2. The van der Waals surface area contributed by atoms with Crippen LogP contribution in [0.25, 0.3) is 50.4 Å². The predicted octanol–water partition coefficient (Wildman–Crippen LogP) is 5.66. The van der Waals surface area contributed by atoms with Gasteiger partial charge in [0.2, 0.25) is 0 Å². The van der Waals surface area contributed by atoms with Gasteiger partial charge in [0, 0.05) is 11.1 Å². The number of hydrogen-bond donors (Lipinski definition) is 0. The molecule has 0 N–H and O–H groups in total. The fraction of sp³-hybridized carbons (Fsp3) is 0. The van der Waals surface area contributed by atoms with Gasteiger partial charge in [-0.25, -0.2) is 15.0 Å². The van der Waals surface area contributed by atoms with E-state index >= 15 is 0 Å². The van der Waals surface area contributed by atoms with Gasteiger partial charge in [0.1, 0.15) is 11.4 Å². The van der Waals surface area contributed by atoms with E-state index in [9.17, 15) is 4.79 Å². The Morgan fingerprint density at radius 1 is 0.485 bits per heavy atom. The number of fused-ring (bicyclic) bond motifs is 2. The third-order valence-electron chi connectivity index (χ3n) is 5.62. The average molecular weight is 426 g/mol. The number of para-hydroxylation sites is 4. The van der Waals surface area contributed by atoms with Crippen molar-refractivity contribution in [3.05, 3.63) is 120 Å². The maximum atomic E-state index is 13.9. The highest BCUT2D eigenvalue weighted by atomic mass is 16.1. The Labute approximate surface area is 189 Å². The first kappa shape index (κ1) is 19.1. The highest BCUT2D eigenvalue weighted by molar-refractivity contribution is 5.85. The molecule has 0 aliphatic heterocycles. The molecular weight excluding hydrogens is 408 g/mol. The number of rotatable bonds is 3. The van der Waals surface area contributed by atoms with E-state index in [1.807, 2.05) is 109 Å². The molecule has 0 aliphatic rings. The molecule has 0 bridgehead atoms. The van der Waals surface area contributed by atoms with Crippen molar-refractivity contribution < 1.29 is 0 Å². The van der Waals surface area contributed by atoms with E-state index in [1.54, 1.807) is 4.57 Å². The molecule has 0 amide bonds. The zero-order valence-electron chi connectivity index (χ0n) is 17.6. The summed E-state index contributed by atoms with van der Waals surface area (Å²) in [5, 5.41) is 0. The maximum absolute atomic E-state index is 13.9. The van der Waals surface area contributed by atoms with E-state index in [-0.39, 0.29) is 5.56 Å². The quantitative estimate of drug-likeness (QED) is 0.366. The Hall–Kier alpha value is -4.64. The molecule has 0 spiro atoms. The highest BCUT2D eigenvalue weighted by Gasteiger charge is 2.19. The lowest BCUT2D eigenvalue weighted by Gasteiger charge is -2.15. The van der Waals surface area contributed by atoms with Crippen molar-refractivity contribution in [1.82, 2.24) is 19.5 Å². The summed E-state index contributed by atoms with van der Waals surface area (Å²) >= 11 is 0. The summed E-state index contributed by atoms with van der Waals surface area (Å²) in [6.07, 6.45) is 0. The summed E-state index contributed by atoms with van der Waals surface area (Å²) in [5.41, 5.74) is 5.33. The smallest absolute Gasteiger partial charge is 0.266 e. The van der Waals surface area contributed by atoms with Gasteiger partial charge in [-0.2, -0.15) is 0 Å². The second-order valence-corrected chi connectivity index (χ2v) is 7.71. The zero-order valence-corrected chi connectivity index (χ0v) is 17.6. The molecule has 0 aliphatic carbocycles. The van der Waals surface area contributed by atoms with E-state index in [4.69, 9.17) is 15.0 Å². The van der Waals surface area contributed by atoms with Crippen LogP contribution in [-0.2, 0) is 0 Å². The molecule has 0 saturated heterocycles. The first-order valence-electron chi connectivity index (χ1n) is 10.7. The summed E-state index contributed by atoms with van der Waals surface area (Å²) < 4.78 is 1.65. The highest BCUT2D eigenvalue weighted by Crippen LogP contribution is 2.28. The first-order chi connectivity index (χ1) is 16.3. The van der Waals surface area contributed by atoms with Crippen LogP contribution in [0.4, 0.5) is 0 Å². The van der Waals surface area contributed by atoms with Crippen LogP contribution in [-0.4, -0.2) is 19.5 Å². The average Bonchev–Trinajstić information content (AvgIpc) is 2.89. The van der Waals surface area contributed by atoms with Gasteiger partial charge < -0.3 is 0 Å². The van der Waals surface area contributed by atoms with E-state index in [1.165, 1.54) is 0 Å². The number of nitrogens with zero attached hydrogens (tertiary/aromatic N) is 4. The Morgan fingerprint density at radius 2 is 0.970 bits per heavy atom. The van der Waals surface area contributed by atoms with Crippen LogP contribution in [0.1, 0.15) is 0 Å². The van der Waals surface area contributed by atoms with Gasteiger partial charge in [-0.1, -0.05) is 84.9 Å². The van der Waals surface area contributed by atoms with E-state index < -0.39 is 0 Å². The van der Waals surface area contributed by atoms with E-state index in [0.29, 0.717) is 28.2 Å². The van der Waals surface area contributed by atoms with Crippen molar-refractivity contribution >= 4 is 22.1 Å². The number of hydrogen-bond acceptors (Lipinski definition) is 4. The van der Waals surface area contributed by atoms with Gasteiger partial charge in [-0.05, 0) is 24.3 Å². The van der Waals surface area contributed by atoms with E-state index in [0.717, 1.165) is 22.2 Å². The van der Waals surface area contributed by atoms with E-state index in [2.05, 4.69) is 0 Å². The predicted molar refractivity (Wildman–Crippen MR) is 131 cm³/mol. The molecule has 5 heteroatoms. The number of aromatic nitrogens is 4. The van der Waals surface area contributed by atoms with Gasteiger partial charge in [0.25, 0.3) is 5.56 Å². The fourth-order valence-corrected chi connectivity index (χ4v) is 4.06. The first-order valence-corrected chi connectivity index (χ1v) is 10.7. The molecule has 0 fully saturated rings. The Morgan fingerprint density at radius 3 is 1.64 bits per heavy atom. The minimum Gasteiger partial charge on any atom is -0.266 e. The summed E-state index contributed by atoms with van der Waals surface area (Å²) in [6.45, 7) is 0. The largest absolute Gasteiger partial charge is 0.283 e. The van der Waals surface area contributed by atoms with Gasteiger partial charge in [-0.15, -0.1) is 0 Å². The third-order valence-corrected chi connectivity index (χ3v) is 5.62. The lowest BCUT2D eigenvalue weighted by Crippen LogP contribution is -2.24. The van der Waals surface area contributed by atoms with Gasteiger partial charge in [0.15, 0.2) is 5.82 Å². The van der Waals surface area contributed by atoms with Crippen LogP contribution in [0.3, 0.4) is 0 Å². The van der Waals surface area contributed by atoms with Crippen LogP contribution in [0.2, 0.25) is 0 Å². The van der Waals surface area contributed by atoms with Crippen molar-refractivity contribution in [2.45, 2.75) is 0 Å². The summed E-state index contributed by atoms with van der Waals surface area (Å²) in [6, 6.07) is 34.7. The molecule has 0 unspecified atom stereocenters. The molecule has 6 aromatic rings. The van der Waals surface area contributed by atoms with Crippen LogP contribution in [0.15, 0.2) is 114 Å². The number of benzene rings is 4. The molecule has 2 heterocycles. The van der Waals surface area contributed by atoms with Gasteiger partial charge in [-0.3, -0.25) is 9.36 Å². The third kappa shape index (κ3) is 3.27.